The first-order valence-corrected chi connectivity index (χ1v) is 9.22. The Morgan fingerprint density at radius 1 is 1.13 bits per heavy atom. The zero-order valence-electron chi connectivity index (χ0n) is 12.4. The van der Waals surface area contributed by atoms with Gasteiger partial charge in [0.15, 0.2) is 5.82 Å². The molecule has 0 saturated heterocycles. The van der Waals surface area contributed by atoms with Crippen LogP contribution in [0.5, 0.6) is 0 Å². The van der Waals surface area contributed by atoms with Crippen molar-refractivity contribution in [2.24, 2.45) is 5.10 Å². The molecule has 0 spiro atoms. The zero-order chi connectivity index (χ0) is 15.6. The van der Waals surface area contributed by atoms with Crippen LogP contribution >= 0.6 is 27.3 Å². The fourth-order valence-electron chi connectivity index (χ4n) is 2.89. The topological polar surface area (TPSA) is 50.2 Å². The largest absolute Gasteiger partial charge is 0.261 e. The highest BCUT2D eigenvalue weighted by atomic mass is 79.9. The summed E-state index contributed by atoms with van der Waals surface area (Å²) in [5.41, 5.74) is 5.56. The molecule has 0 bridgehead atoms. The SMILES string of the molecule is Brc1ccc(/C=N\Nc2ncnc3sc4c(c23)CCCC4)cc1. The lowest BCUT2D eigenvalue weighted by Gasteiger charge is -2.11. The molecule has 4 nitrogen and oxygen atoms in total. The summed E-state index contributed by atoms with van der Waals surface area (Å²) in [5.74, 6) is 0.808. The molecule has 0 radical (unpaired) electrons. The number of hydrazone groups is 1. The maximum atomic E-state index is 4.43. The Labute approximate surface area is 146 Å². The lowest BCUT2D eigenvalue weighted by Crippen LogP contribution is -2.00. The fourth-order valence-corrected chi connectivity index (χ4v) is 4.39. The third-order valence-corrected chi connectivity index (χ3v) is 5.73. The minimum Gasteiger partial charge on any atom is -0.261 e. The molecule has 1 N–H and O–H groups in total. The summed E-state index contributed by atoms with van der Waals surface area (Å²) >= 11 is 5.23. The van der Waals surface area contributed by atoms with Gasteiger partial charge >= 0.3 is 0 Å². The number of aromatic nitrogens is 2. The molecule has 2 heterocycles. The Bertz CT molecular complexity index is 870. The van der Waals surface area contributed by atoms with E-state index in [2.05, 4.69) is 36.4 Å². The van der Waals surface area contributed by atoms with Crippen molar-refractivity contribution in [1.82, 2.24) is 9.97 Å². The number of nitrogens with zero attached hydrogens (tertiary/aromatic N) is 3. The van der Waals surface area contributed by atoms with Crippen molar-refractivity contribution >= 4 is 49.5 Å². The molecule has 2 aromatic heterocycles. The Hall–Kier alpha value is -1.79. The van der Waals surface area contributed by atoms with Crippen LogP contribution in [-0.4, -0.2) is 16.2 Å². The van der Waals surface area contributed by atoms with E-state index in [4.69, 9.17) is 0 Å². The van der Waals surface area contributed by atoms with E-state index in [1.54, 1.807) is 23.9 Å². The highest BCUT2D eigenvalue weighted by molar-refractivity contribution is 9.10. The minimum atomic E-state index is 0.808. The molecule has 23 heavy (non-hydrogen) atoms. The van der Waals surface area contributed by atoms with Crippen molar-refractivity contribution in [3.8, 4) is 0 Å². The second-order valence-corrected chi connectivity index (χ2v) is 7.53. The van der Waals surface area contributed by atoms with Crippen LogP contribution in [0.1, 0.15) is 28.8 Å². The van der Waals surface area contributed by atoms with Gasteiger partial charge in [0.2, 0.25) is 0 Å². The lowest BCUT2D eigenvalue weighted by molar-refractivity contribution is 0.700. The molecule has 1 aliphatic carbocycles. The van der Waals surface area contributed by atoms with E-state index >= 15 is 0 Å². The predicted molar refractivity (Wildman–Crippen MR) is 99.4 cm³/mol. The van der Waals surface area contributed by atoms with Crippen LogP contribution in [0, 0.1) is 0 Å². The second-order valence-electron chi connectivity index (χ2n) is 5.53. The number of hydrogen-bond acceptors (Lipinski definition) is 5. The van der Waals surface area contributed by atoms with Crippen LogP contribution in [0.25, 0.3) is 10.2 Å². The number of fused-ring (bicyclic) bond motifs is 3. The van der Waals surface area contributed by atoms with Gasteiger partial charge in [-0.05, 0) is 48.9 Å². The first-order chi connectivity index (χ1) is 11.3. The van der Waals surface area contributed by atoms with Crippen LogP contribution in [0.2, 0.25) is 0 Å². The number of anilines is 1. The van der Waals surface area contributed by atoms with E-state index in [1.807, 2.05) is 24.3 Å². The summed E-state index contributed by atoms with van der Waals surface area (Å²) in [6.07, 6.45) is 8.22. The van der Waals surface area contributed by atoms with E-state index < -0.39 is 0 Å². The number of aryl methyl sites for hydroxylation is 2. The molecule has 0 aliphatic heterocycles. The molecule has 0 saturated carbocycles. The molecule has 6 heteroatoms. The molecule has 0 unspecified atom stereocenters. The summed E-state index contributed by atoms with van der Waals surface area (Å²) in [6, 6.07) is 8.02. The van der Waals surface area contributed by atoms with Crippen LogP contribution in [0.4, 0.5) is 5.82 Å². The summed E-state index contributed by atoms with van der Waals surface area (Å²) < 4.78 is 1.06. The first-order valence-electron chi connectivity index (χ1n) is 7.61. The van der Waals surface area contributed by atoms with Gasteiger partial charge in [-0.1, -0.05) is 28.1 Å². The number of benzene rings is 1. The summed E-state index contributed by atoms with van der Waals surface area (Å²) in [5, 5.41) is 5.50. The van der Waals surface area contributed by atoms with Crippen molar-refractivity contribution < 1.29 is 0 Å². The van der Waals surface area contributed by atoms with Gasteiger partial charge in [0, 0.05) is 9.35 Å². The fraction of sp³-hybridized carbons (Fsp3) is 0.235. The lowest BCUT2D eigenvalue weighted by atomic mass is 9.97. The molecular formula is C17H15BrN4S. The van der Waals surface area contributed by atoms with Gasteiger partial charge in [-0.3, -0.25) is 5.43 Å². The molecule has 1 aliphatic rings. The molecule has 0 atom stereocenters. The monoisotopic (exact) mass is 386 g/mol. The molecule has 4 rings (SSSR count). The Morgan fingerprint density at radius 2 is 1.96 bits per heavy atom. The molecule has 0 amide bonds. The highest BCUT2D eigenvalue weighted by Gasteiger charge is 2.19. The summed E-state index contributed by atoms with van der Waals surface area (Å²) in [6.45, 7) is 0. The minimum absolute atomic E-state index is 0.808. The summed E-state index contributed by atoms with van der Waals surface area (Å²) in [4.78, 5) is 11.4. The first kappa shape index (κ1) is 14.8. The van der Waals surface area contributed by atoms with Gasteiger partial charge in [0.1, 0.15) is 11.2 Å². The second kappa shape index (κ2) is 6.37. The highest BCUT2D eigenvalue weighted by Crippen LogP contribution is 2.38. The number of hydrogen-bond donors (Lipinski definition) is 1. The van der Waals surface area contributed by atoms with Crippen LogP contribution in [-0.2, 0) is 12.8 Å². The van der Waals surface area contributed by atoms with Gasteiger partial charge in [-0.2, -0.15) is 5.10 Å². The van der Waals surface area contributed by atoms with Crippen LogP contribution in [0.3, 0.4) is 0 Å². The maximum absolute atomic E-state index is 4.43. The van der Waals surface area contributed by atoms with E-state index in [0.29, 0.717) is 0 Å². The van der Waals surface area contributed by atoms with Gasteiger partial charge in [-0.25, -0.2) is 9.97 Å². The van der Waals surface area contributed by atoms with Gasteiger partial charge < -0.3 is 0 Å². The van der Waals surface area contributed by atoms with E-state index in [9.17, 15) is 0 Å². The van der Waals surface area contributed by atoms with Gasteiger partial charge in [-0.15, -0.1) is 11.3 Å². The number of rotatable bonds is 3. The van der Waals surface area contributed by atoms with Crippen molar-refractivity contribution in [2.45, 2.75) is 25.7 Å². The molecule has 0 fully saturated rings. The van der Waals surface area contributed by atoms with Crippen molar-refractivity contribution in [1.29, 1.82) is 0 Å². The Balaban J connectivity index is 1.63. The van der Waals surface area contributed by atoms with E-state index in [1.165, 1.54) is 23.3 Å². The maximum Gasteiger partial charge on any atom is 0.158 e. The van der Waals surface area contributed by atoms with Crippen LogP contribution in [0.15, 0.2) is 40.2 Å². The van der Waals surface area contributed by atoms with Crippen LogP contribution < -0.4 is 5.43 Å². The van der Waals surface area contributed by atoms with Gasteiger partial charge in [0.05, 0.1) is 11.6 Å². The third-order valence-electron chi connectivity index (χ3n) is 4.01. The van der Waals surface area contributed by atoms with Gasteiger partial charge in [0.25, 0.3) is 0 Å². The Kier molecular flexibility index (Phi) is 4.10. The standard InChI is InChI=1S/C17H15BrN4S/c18-12-7-5-11(6-8-12)9-21-22-16-15-13-3-1-2-4-14(13)23-17(15)20-10-19-16/h5-10H,1-4H2,(H,19,20,22)/b21-9-. The van der Waals surface area contributed by atoms with Crippen molar-refractivity contribution in [3.63, 3.8) is 0 Å². The normalized spacial score (nSPS) is 14.3. The number of halogens is 1. The summed E-state index contributed by atoms with van der Waals surface area (Å²) in [7, 11) is 0. The quantitative estimate of drug-likeness (QED) is 0.520. The molecular weight excluding hydrogens is 372 g/mol. The number of thiophene rings is 1. The van der Waals surface area contributed by atoms with E-state index in [-0.39, 0.29) is 0 Å². The zero-order valence-corrected chi connectivity index (χ0v) is 14.8. The average molecular weight is 387 g/mol. The molecule has 3 aromatic rings. The molecule has 116 valence electrons. The smallest absolute Gasteiger partial charge is 0.158 e. The van der Waals surface area contributed by atoms with E-state index in [0.717, 1.165) is 38.9 Å². The molecule has 1 aromatic carbocycles. The Morgan fingerprint density at radius 3 is 2.83 bits per heavy atom. The predicted octanol–water partition coefficient (Wildman–Crippen LogP) is 4.78. The van der Waals surface area contributed by atoms with Crippen molar-refractivity contribution in [2.75, 3.05) is 5.43 Å². The third kappa shape index (κ3) is 3.01. The van der Waals surface area contributed by atoms with Crippen molar-refractivity contribution in [3.05, 3.63) is 51.1 Å². The average Bonchev–Trinajstić information content (AvgIpc) is 2.96. The number of nitrogens with one attached hydrogen (secondary N) is 1.